The average Bonchev–Trinajstić information content (AvgIpc) is 3.15. The lowest BCUT2D eigenvalue weighted by Crippen LogP contribution is -2.51. The second-order valence-corrected chi connectivity index (χ2v) is 11.0. The first-order valence-electron chi connectivity index (χ1n) is 13.2. The van der Waals surface area contributed by atoms with Crippen molar-refractivity contribution in [3.05, 3.63) is 53.9 Å². The number of carbonyl (C=O) groups excluding carboxylic acids is 2. The van der Waals surface area contributed by atoms with E-state index in [0.717, 1.165) is 40.3 Å². The second-order valence-electron chi connectivity index (χ2n) is 11.0. The molecule has 2 heterocycles. The Morgan fingerprint density at radius 3 is 2.42 bits per heavy atom. The number of rotatable bonds is 7. The van der Waals surface area contributed by atoms with Crippen molar-refractivity contribution in [1.82, 2.24) is 9.55 Å². The molecule has 7 rings (SSSR count). The highest BCUT2D eigenvalue weighted by Crippen LogP contribution is 2.54. The Bertz CT molecular complexity index is 1270. The number of nitrogens with one attached hydrogen (secondary N) is 2. The summed E-state index contributed by atoms with van der Waals surface area (Å²) in [6.07, 6.45) is 9.57. The minimum Gasteiger partial charge on any atom is -0.464 e. The molecule has 36 heavy (non-hydrogen) atoms. The molecule has 0 radical (unpaired) electrons. The number of aryl methyl sites for hydroxylation is 2. The maximum atomic E-state index is 13.0. The highest BCUT2D eigenvalue weighted by molar-refractivity contribution is 6.11. The molecule has 0 aliphatic heterocycles. The van der Waals surface area contributed by atoms with Crippen LogP contribution < -0.4 is 10.6 Å². The van der Waals surface area contributed by atoms with Gasteiger partial charge in [0, 0.05) is 24.9 Å². The number of anilines is 2. The van der Waals surface area contributed by atoms with E-state index in [1.54, 1.807) is 11.6 Å². The van der Waals surface area contributed by atoms with Crippen LogP contribution in [0.5, 0.6) is 0 Å². The molecule has 1 aromatic carbocycles. The van der Waals surface area contributed by atoms with Crippen molar-refractivity contribution in [2.45, 2.75) is 51.0 Å². The Morgan fingerprint density at radius 1 is 1.06 bits per heavy atom. The van der Waals surface area contributed by atoms with Crippen LogP contribution in [0.4, 0.5) is 11.4 Å². The van der Waals surface area contributed by atoms with Crippen LogP contribution >= 0.6 is 0 Å². The summed E-state index contributed by atoms with van der Waals surface area (Å²) in [7, 11) is 3.14. The quantitative estimate of drug-likeness (QED) is 0.450. The number of pyridine rings is 1. The van der Waals surface area contributed by atoms with E-state index in [4.69, 9.17) is 9.72 Å². The Hall–Kier alpha value is -3.35. The molecular weight excluding hydrogens is 452 g/mol. The number of methoxy groups -OCH3 is 1. The maximum Gasteiger partial charge on any atom is 0.356 e. The Kier molecular flexibility index (Phi) is 5.94. The summed E-state index contributed by atoms with van der Waals surface area (Å²) in [5.41, 5.74) is 3.47. The summed E-state index contributed by atoms with van der Waals surface area (Å²) >= 11 is 0. The number of ether oxygens (including phenoxy) is 1. The number of aromatic nitrogens is 2. The van der Waals surface area contributed by atoms with Crippen molar-refractivity contribution < 1.29 is 14.3 Å². The Morgan fingerprint density at radius 2 is 1.75 bits per heavy atom. The monoisotopic (exact) mass is 486 g/mol. The fourth-order valence-corrected chi connectivity index (χ4v) is 7.31. The molecule has 3 aromatic rings. The summed E-state index contributed by atoms with van der Waals surface area (Å²) in [6.45, 7) is 0. The van der Waals surface area contributed by atoms with Crippen LogP contribution in [0, 0.1) is 23.7 Å². The van der Waals surface area contributed by atoms with Crippen LogP contribution in [0.3, 0.4) is 0 Å². The van der Waals surface area contributed by atoms with E-state index in [0.29, 0.717) is 35.9 Å². The van der Waals surface area contributed by atoms with Crippen LogP contribution in [0.2, 0.25) is 0 Å². The third kappa shape index (κ3) is 4.14. The number of carbonyl (C=O) groups is 2. The van der Waals surface area contributed by atoms with Gasteiger partial charge in [0.25, 0.3) is 0 Å². The third-order valence-corrected chi connectivity index (χ3v) is 8.71. The molecule has 0 spiro atoms. The molecule has 4 fully saturated rings. The summed E-state index contributed by atoms with van der Waals surface area (Å²) in [6, 6.07) is 12.4. The van der Waals surface area contributed by atoms with E-state index in [9.17, 15) is 9.59 Å². The molecule has 4 aliphatic carbocycles. The number of benzene rings is 1. The van der Waals surface area contributed by atoms with E-state index in [-0.39, 0.29) is 5.91 Å². The largest absolute Gasteiger partial charge is 0.464 e. The minimum atomic E-state index is -0.496. The molecule has 7 nitrogen and oxygen atoms in total. The van der Waals surface area contributed by atoms with Gasteiger partial charge >= 0.3 is 5.97 Å². The van der Waals surface area contributed by atoms with Gasteiger partial charge in [-0.15, -0.1) is 0 Å². The zero-order chi connectivity index (χ0) is 24.8. The van der Waals surface area contributed by atoms with Crippen molar-refractivity contribution in [2.75, 3.05) is 17.7 Å². The van der Waals surface area contributed by atoms with Gasteiger partial charge in [0.2, 0.25) is 5.91 Å². The van der Waals surface area contributed by atoms with Crippen molar-refractivity contribution in [1.29, 1.82) is 0 Å². The number of fused-ring (bicyclic) bond motifs is 1. The molecule has 2 N–H and O–H groups in total. The first kappa shape index (κ1) is 23.1. The summed E-state index contributed by atoms with van der Waals surface area (Å²) in [5.74, 6) is 2.66. The van der Waals surface area contributed by atoms with Crippen LogP contribution in [0.15, 0.2) is 42.6 Å². The maximum absolute atomic E-state index is 13.0. The molecule has 188 valence electrons. The van der Waals surface area contributed by atoms with Gasteiger partial charge in [-0.25, -0.2) is 9.78 Å². The summed E-state index contributed by atoms with van der Waals surface area (Å²) < 4.78 is 6.77. The van der Waals surface area contributed by atoms with Gasteiger partial charge in [-0.1, -0.05) is 30.3 Å². The molecule has 1 amide bonds. The van der Waals surface area contributed by atoms with E-state index in [1.165, 1.54) is 39.2 Å². The summed E-state index contributed by atoms with van der Waals surface area (Å²) in [4.78, 5) is 30.4. The SMILES string of the molecule is COC(=O)c1c(NC(=O)CCc2ccccc2)c2cc(NC3C4CC5CC(C4)CC3C5)cnc2n1C. The first-order chi connectivity index (χ1) is 17.5. The van der Waals surface area contributed by atoms with Gasteiger partial charge in [0.05, 0.1) is 24.7 Å². The lowest BCUT2D eigenvalue weighted by atomic mass is 9.54. The Labute approximate surface area is 211 Å². The molecule has 0 unspecified atom stereocenters. The Balaban J connectivity index is 1.28. The number of esters is 1. The molecule has 2 aromatic heterocycles. The van der Waals surface area contributed by atoms with E-state index in [1.807, 2.05) is 42.6 Å². The zero-order valence-corrected chi connectivity index (χ0v) is 21.0. The second kappa shape index (κ2) is 9.26. The lowest BCUT2D eigenvalue weighted by Gasteiger charge is -2.54. The molecule has 0 atom stereocenters. The zero-order valence-electron chi connectivity index (χ0n) is 21.0. The number of nitrogens with zero attached hydrogens (tertiary/aromatic N) is 2. The predicted molar refractivity (Wildman–Crippen MR) is 140 cm³/mol. The molecule has 0 saturated heterocycles. The van der Waals surface area contributed by atoms with Gasteiger partial charge in [-0.3, -0.25) is 4.79 Å². The van der Waals surface area contributed by atoms with Gasteiger partial charge in [0.15, 0.2) is 5.69 Å². The predicted octanol–water partition coefficient (Wildman–Crippen LogP) is 5.17. The molecular formula is C29H34N4O3. The van der Waals surface area contributed by atoms with Gasteiger partial charge in [-0.05, 0) is 73.8 Å². The van der Waals surface area contributed by atoms with Gasteiger partial charge in [-0.2, -0.15) is 0 Å². The number of amides is 1. The standard InChI is InChI=1S/C29H34N4O3/c1-33-27(29(35)36-2)26(32-24(34)9-8-17-6-4-3-5-7-17)23-15-22(16-30-28(23)33)31-25-20-11-18-10-19(13-20)14-21(25)12-18/h3-7,15-16,18-21,25,31H,8-14H2,1-2H3,(H,32,34). The van der Waals surface area contributed by atoms with E-state index in [2.05, 4.69) is 10.6 Å². The smallest absolute Gasteiger partial charge is 0.356 e. The third-order valence-electron chi connectivity index (χ3n) is 8.71. The lowest BCUT2D eigenvalue weighted by molar-refractivity contribution is -0.116. The van der Waals surface area contributed by atoms with Crippen molar-refractivity contribution >= 4 is 34.3 Å². The van der Waals surface area contributed by atoms with Crippen molar-refractivity contribution in [3.8, 4) is 0 Å². The molecule has 4 aliphatic rings. The van der Waals surface area contributed by atoms with Crippen LogP contribution in [0.1, 0.15) is 54.6 Å². The molecule has 4 saturated carbocycles. The topological polar surface area (TPSA) is 85.2 Å². The van der Waals surface area contributed by atoms with Crippen molar-refractivity contribution in [2.24, 2.45) is 30.7 Å². The number of hydrogen-bond donors (Lipinski definition) is 2. The highest BCUT2D eigenvalue weighted by atomic mass is 16.5. The minimum absolute atomic E-state index is 0.143. The van der Waals surface area contributed by atoms with Crippen LogP contribution in [-0.2, 0) is 23.0 Å². The normalized spacial score (nSPS) is 26.2. The average molecular weight is 487 g/mol. The van der Waals surface area contributed by atoms with Crippen LogP contribution in [-0.4, -0.2) is 34.6 Å². The van der Waals surface area contributed by atoms with Crippen LogP contribution in [0.25, 0.3) is 11.0 Å². The molecule has 7 heteroatoms. The van der Waals surface area contributed by atoms with E-state index >= 15 is 0 Å². The van der Waals surface area contributed by atoms with Gasteiger partial charge in [0.1, 0.15) is 5.65 Å². The van der Waals surface area contributed by atoms with E-state index < -0.39 is 5.97 Å². The summed E-state index contributed by atoms with van der Waals surface area (Å²) in [5, 5.41) is 7.58. The number of hydrogen-bond acceptors (Lipinski definition) is 5. The fourth-order valence-electron chi connectivity index (χ4n) is 7.31. The highest BCUT2D eigenvalue weighted by Gasteiger charge is 2.48. The fraction of sp³-hybridized carbons (Fsp3) is 0.483. The first-order valence-corrected chi connectivity index (χ1v) is 13.2. The van der Waals surface area contributed by atoms with Crippen molar-refractivity contribution in [3.63, 3.8) is 0 Å². The van der Waals surface area contributed by atoms with Gasteiger partial charge < -0.3 is 19.9 Å². The molecule has 4 bridgehead atoms.